The van der Waals surface area contributed by atoms with Crippen molar-refractivity contribution in [2.45, 2.75) is 52.4 Å². The first-order valence-electron chi connectivity index (χ1n) is 9.36. The zero-order chi connectivity index (χ0) is 16.9. The summed E-state index contributed by atoms with van der Waals surface area (Å²) in [5.41, 5.74) is 8.58. The van der Waals surface area contributed by atoms with Gasteiger partial charge in [0, 0.05) is 17.9 Å². The molecule has 0 saturated heterocycles. The molecular weight excluding hydrogens is 290 g/mol. The summed E-state index contributed by atoms with van der Waals surface area (Å²) in [7, 11) is 0. The Hall–Kier alpha value is -2.02. The molecule has 0 N–H and O–H groups in total. The summed E-state index contributed by atoms with van der Waals surface area (Å²) in [6, 6.07) is 15.9. The number of rotatable bonds is 7. The van der Waals surface area contributed by atoms with Crippen LogP contribution in [0.1, 0.15) is 48.9 Å². The Morgan fingerprint density at radius 3 is 2.46 bits per heavy atom. The fourth-order valence-electron chi connectivity index (χ4n) is 3.71. The normalized spacial score (nSPS) is 13.2. The van der Waals surface area contributed by atoms with Gasteiger partial charge in [-0.2, -0.15) is 0 Å². The summed E-state index contributed by atoms with van der Waals surface area (Å²) >= 11 is 0. The van der Waals surface area contributed by atoms with E-state index in [-0.39, 0.29) is 0 Å². The highest BCUT2D eigenvalue weighted by atomic mass is 15.2. The second-order valence-corrected chi connectivity index (χ2v) is 6.80. The van der Waals surface area contributed by atoms with Crippen molar-refractivity contribution in [2.24, 2.45) is 0 Å². The van der Waals surface area contributed by atoms with Crippen LogP contribution in [0.25, 0.3) is 0 Å². The standard InChI is InChI=1S/C23H29N/c1-4-7-18(3)24-17-16-22-21(8-6-9-23(22)24)15-14-20-12-10-19(5-2)11-13-20/h6,8-13H,3-5,7,14-17H2,1-2H3. The highest BCUT2D eigenvalue weighted by Crippen LogP contribution is 2.34. The molecule has 0 unspecified atom stereocenters. The maximum atomic E-state index is 4.29. The van der Waals surface area contributed by atoms with Gasteiger partial charge in [-0.1, -0.05) is 63.2 Å². The van der Waals surface area contributed by atoms with E-state index in [1.807, 2.05) is 0 Å². The summed E-state index contributed by atoms with van der Waals surface area (Å²) in [5.74, 6) is 0. The van der Waals surface area contributed by atoms with Crippen LogP contribution in [-0.2, 0) is 25.7 Å². The molecule has 0 spiro atoms. The average molecular weight is 319 g/mol. The number of fused-ring (bicyclic) bond motifs is 1. The third kappa shape index (κ3) is 3.56. The van der Waals surface area contributed by atoms with Crippen LogP contribution in [-0.4, -0.2) is 6.54 Å². The first kappa shape index (κ1) is 16.8. The van der Waals surface area contributed by atoms with Crippen LogP contribution in [0.2, 0.25) is 0 Å². The Bertz CT molecular complexity index is 696. The minimum atomic E-state index is 1.09. The van der Waals surface area contributed by atoms with Gasteiger partial charge < -0.3 is 4.90 Å². The van der Waals surface area contributed by atoms with E-state index in [4.69, 9.17) is 0 Å². The van der Waals surface area contributed by atoms with Crippen LogP contribution < -0.4 is 4.90 Å². The first-order chi connectivity index (χ1) is 11.7. The lowest BCUT2D eigenvalue weighted by Gasteiger charge is -2.22. The van der Waals surface area contributed by atoms with Crippen LogP contribution in [0.5, 0.6) is 0 Å². The van der Waals surface area contributed by atoms with Gasteiger partial charge in [0.2, 0.25) is 0 Å². The van der Waals surface area contributed by atoms with Crippen molar-refractivity contribution in [1.29, 1.82) is 0 Å². The molecule has 0 bridgehead atoms. The Labute approximate surface area is 147 Å². The molecule has 0 amide bonds. The van der Waals surface area contributed by atoms with E-state index in [2.05, 4.69) is 67.8 Å². The van der Waals surface area contributed by atoms with E-state index < -0.39 is 0 Å². The number of anilines is 1. The van der Waals surface area contributed by atoms with Crippen LogP contribution >= 0.6 is 0 Å². The van der Waals surface area contributed by atoms with Gasteiger partial charge in [-0.3, -0.25) is 0 Å². The minimum absolute atomic E-state index is 1.09. The van der Waals surface area contributed by atoms with Gasteiger partial charge in [0.05, 0.1) is 0 Å². The smallest absolute Gasteiger partial charge is 0.0444 e. The van der Waals surface area contributed by atoms with Crippen LogP contribution in [0.15, 0.2) is 54.7 Å². The van der Waals surface area contributed by atoms with Gasteiger partial charge in [0.1, 0.15) is 0 Å². The Balaban J connectivity index is 1.72. The molecular formula is C23H29N. The summed E-state index contributed by atoms with van der Waals surface area (Å²) in [6.45, 7) is 9.82. The van der Waals surface area contributed by atoms with E-state index >= 15 is 0 Å². The Morgan fingerprint density at radius 1 is 1.00 bits per heavy atom. The third-order valence-electron chi connectivity index (χ3n) is 5.16. The van der Waals surface area contributed by atoms with Crippen LogP contribution in [0.3, 0.4) is 0 Å². The quantitative estimate of drug-likeness (QED) is 0.632. The zero-order valence-corrected chi connectivity index (χ0v) is 15.1. The molecule has 1 aliphatic rings. The summed E-state index contributed by atoms with van der Waals surface area (Å²) in [6.07, 6.45) is 6.78. The summed E-state index contributed by atoms with van der Waals surface area (Å²) < 4.78 is 0. The molecule has 1 heteroatoms. The Kier molecular flexibility index (Phi) is 5.40. The molecule has 24 heavy (non-hydrogen) atoms. The highest BCUT2D eigenvalue weighted by molar-refractivity contribution is 5.64. The second kappa shape index (κ2) is 7.70. The molecule has 0 aromatic heterocycles. The highest BCUT2D eigenvalue weighted by Gasteiger charge is 2.22. The molecule has 1 heterocycles. The number of benzene rings is 2. The summed E-state index contributed by atoms with van der Waals surface area (Å²) in [4.78, 5) is 2.43. The van der Waals surface area contributed by atoms with Crippen molar-refractivity contribution in [3.05, 3.63) is 77.0 Å². The van der Waals surface area contributed by atoms with Crippen molar-refractivity contribution in [3.8, 4) is 0 Å². The predicted molar refractivity (Wildman–Crippen MR) is 105 cm³/mol. The van der Waals surface area contributed by atoms with Crippen LogP contribution in [0, 0.1) is 0 Å². The zero-order valence-electron chi connectivity index (χ0n) is 15.1. The average Bonchev–Trinajstić information content (AvgIpc) is 3.05. The minimum Gasteiger partial charge on any atom is -0.345 e. The van der Waals surface area contributed by atoms with E-state index in [9.17, 15) is 0 Å². The van der Waals surface area contributed by atoms with Crippen molar-refractivity contribution in [3.63, 3.8) is 0 Å². The molecule has 2 aromatic rings. The van der Waals surface area contributed by atoms with Gasteiger partial charge in [-0.05, 0) is 60.4 Å². The molecule has 0 radical (unpaired) electrons. The topological polar surface area (TPSA) is 3.24 Å². The number of nitrogens with zero attached hydrogens (tertiary/aromatic N) is 1. The number of allylic oxidation sites excluding steroid dienone is 1. The number of aryl methyl sites for hydroxylation is 3. The van der Waals surface area contributed by atoms with Gasteiger partial charge in [-0.15, -0.1) is 0 Å². The number of hydrogen-bond acceptors (Lipinski definition) is 1. The lowest BCUT2D eigenvalue weighted by Crippen LogP contribution is -2.18. The van der Waals surface area contributed by atoms with Crippen LogP contribution in [0.4, 0.5) is 5.69 Å². The molecule has 0 saturated carbocycles. The molecule has 3 rings (SSSR count). The molecule has 126 valence electrons. The summed E-state index contributed by atoms with van der Waals surface area (Å²) in [5, 5.41) is 0. The van der Waals surface area contributed by atoms with Gasteiger partial charge >= 0.3 is 0 Å². The molecule has 0 atom stereocenters. The lowest BCUT2D eigenvalue weighted by atomic mass is 9.97. The third-order valence-corrected chi connectivity index (χ3v) is 5.16. The van der Waals surface area contributed by atoms with Gasteiger partial charge in [0.15, 0.2) is 0 Å². The SMILES string of the molecule is C=C(CCC)N1CCc2c(CCc3ccc(CC)cc3)cccc21. The van der Waals surface area contributed by atoms with Crippen molar-refractivity contribution in [1.82, 2.24) is 0 Å². The molecule has 1 nitrogen and oxygen atoms in total. The number of hydrogen-bond donors (Lipinski definition) is 0. The molecule has 1 aliphatic heterocycles. The lowest BCUT2D eigenvalue weighted by molar-refractivity contribution is 0.830. The van der Waals surface area contributed by atoms with Crippen molar-refractivity contribution in [2.75, 3.05) is 11.4 Å². The Morgan fingerprint density at radius 2 is 1.75 bits per heavy atom. The van der Waals surface area contributed by atoms with E-state index in [1.165, 1.54) is 28.1 Å². The van der Waals surface area contributed by atoms with Crippen molar-refractivity contribution >= 4 is 5.69 Å². The maximum absolute atomic E-state index is 4.29. The second-order valence-electron chi connectivity index (χ2n) is 6.80. The first-order valence-corrected chi connectivity index (χ1v) is 9.36. The van der Waals surface area contributed by atoms with E-state index in [1.54, 1.807) is 5.56 Å². The van der Waals surface area contributed by atoms with E-state index in [0.717, 1.165) is 45.1 Å². The van der Waals surface area contributed by atoms with Gasteiger partial charge in [-0.25, -0.2) is 0 Å². The molecule has 0 aliphatic carbocycles. The maximum Gasteiger partial charge on any atom is 0.0444 e. The fourth-order valence-corrected chi connectivity index (χ4v) is 3.71. The monoisotopic (exact) mass is 319 g/mol. The molecule has 2 aromatic carbocycles. The van der Waals surface area contributed by atoms with Crippen molar-refractivity contribution < 1.29 is 0 Å². The largest absolute Gasteiger partial charge is 0.345 e. The van der Waals surface area contributed by atoms with Gasteiger partial charge in [0.25, 0.3) is 0 Å². The molecule has 0 fully saturated rings. The predicted octanol–water partition coefficient (Wildman–Crippen LogP) is 5.71. The van der Waals surface area contributed by atoms with E-state index in [0.29, 0.717) is 0 Å². The fraction of sp³-hybridized carbons (Fsp3) is 0.391.